The van der Waals surface area contributed by atoms with Crippen molar-refractivity contribution in [2.24, 2.45) is 0 Å². The Morgan fingerprint density at radius 2 is 2.20 bits per heavy atom. The number of aryl methyl sites for hydroxylation is 1. The second-order valence-corrected chi connectivity index (χ2v) is 7.04. The number of hydrogen-bond donors (Lipinski definition) is 1. The van der Waals surface area contributed by atoms with Crippen LogP contribution in [0.4, 0.5) is 3.89 Å². The fourth-order valence-corrected chi connectivity index (χ4v) is 3.38. The van der Waals surface area contributed by atoms with E-state index in [0.29, 0.717) is 29.4 Å². The van der Waals surface area contributed by atoms with Gasteiger partial charge in [0, 0.05) is 11.5 Å². The van der Waals surface area contributed by atoms with Crippen LogP contribution in [0.25, 0.3) is 10.9 Å². The third-order valence-corrected chi connectivity index (χ3v) is 4.49. The molecule has 1 heterocycles. The van der Waals surface area contributed by atoms with Crippen LogP contribution in [0.15, 0.2) is 16.6 Å². The highest BCUT2D eigenvalue weighted by molar-refractivity contribution is 9.10. The zero-order valence-electron chi connectivity index (χ0n) is 13.3. The molecule has 1 aromatic heterocycles. The van der Waals surface area contributed by atoms with Crippen LogP contribution >= 0.6 is 15.9 Å². The van der Waals surface area contributed by atoms with E-state index in [-0.39, 0.29) is 16.6 Å². The van der Waals surface area contributed by atoms with Gasteiger partial charge in [0.2, 0.25) is 6.41 Å². The van der Waals surface area contributed by atoms with Crippen LogP contribution in [0.5, 0.6) is 5.75 Å². The van der Waals surface area contributed by atoms with Gasteiger partial charge in [0.05, 0.1) is 15.7 Å². The minimum absolute atomic E-state index is 0.216. The maximum atomic E-state index is 12.9. The third kappa shape index (κ3) is 4.34. The Balaban J connectivity index is 2.64. The van der Waals surface area contributed by atoms with Crippen LogP contribution in [-0.4, -0.2) is 30.5 Å². The van der Waals surface area contributed by atoms with Crippen molar-refractivity contribution in [3.8, 4) is 5.75 Å². The minimum atomic E-state index is -5.22. The predicted molar refractivity (Wildman–Crippen MR) is 91.0 cm³/mol. The van der Waals surface area contributed by atoms with Crippen molar-refractivity contribution in [1.29, 1.82) is 0 Å². The molecular formula is C14H15BrFN3O5S. The number of nitrogens with one attached hydrogen (secondary N) is 1. The molecule has 2 rings (SSSR count). The van der Waals surface area contributed by atoms with Crippen LogP contribution in [0.2, 0.25) is 0 Å². The monoisotopic (exact) mass is 435 g/mol. The fraction of sp³-hybridized carbons (Fsp3) is 0.357. The van der Waals surface area contributed by atoms with Gasteiger partial charge >= 0.3 is 10.5 Å². The summed E-state index contributed by atoms with van der Waals surface area (Å²) >= 11 is 3.12. The van der Waals surface area contributed by atoms with E-state index in [1.54, 1.807) is 6.92 Å². The number of carbonyl (C=O) groups excluding carboxylic acids is 2. The number of halogens is 2. The topological polar surface area (TPSA) is 107 Å². The molecule has 0 aliphatic carbocycles. The van der Waals surface area contributed by atoms with Gasteiger partial charge in [-0.05, 0) is 35.3 Å². The number of imide groups is 1. The molecule has 2 aromatic rings. The highest BCUT2D eigenvalue weighted by Crippen LogP contribution is 2.34. The first-order valence-corrected chi connectivity index (χ1v) is 9.34. The van der Waals surface area contributed by atoms with Crippen LogP contribution in [0.1, 0.15) is 31.5 Å². The summed E-state index contributed by atoms with van der Waals surface area (Å²) in [6.07, 6.45) is 1.31. The molecule has 0 saturated heterocycles. The maximum Gasteiger partial charge on any atom is 0.488 e. The lowest BCUT2D eigenvalue weighted by Gasteiger charge is -2.16. The van der Waals surface area contributed by atoms with Gasteiger partial charge in [-0.2, -0.15) is 13.5 Å². The molecule has 0 bridgehead atoms. The molecule has 8 nitrogen and oxygen atoms in total. The Morgan fingerprint density at radius 3 is 2.76 bits per heavy atom. The van der Waals surface area contributed by atoms with Crippen LogP contribution in [-0.2, 0) is 20.1 Å². The van der Waals surface area contributed by atoms with Crippen molar-refractivity contribution in [2.75, 3.05) is 0 Å². The first kappa shape index (κ1) is 19.3. The van der Waals surface area contributed by atoms with Crippen LogP contribution < -0.4 is 9.50 Å². The molecule has 0 aliphatic heterocycles. The normalized spacial score (nSPS) is 12.8. The second kappa shape index (κ2) is 7.48. The number of aromatic nitrogens is 2. The van der Waals surface area contributed by atoms with Crippen molar-refractivity contribution < 1.29 is 26.1 Å². The van der Waals surface area contributed by atoms with Gasteiger partial charge in [0.1, 0.15) is 6.04 Å². The van der Waals surface area contributed by atoms with Gasteiger partial charge < -0.3 is 4.18 Å². The lowest BCUT2D eigenvalue weighted by Crippen LogP contribution is -2.32. The van der Waals surface area contributed by atoms with E-state index in [1.165, 1.54) is 16.8 Å². The number of benzene rings is 1. The summed E-state index contributed by atoms with van der Waals surface area (Å²) in [4.78, 5) is 22.8. The number of fused-ring (bicyclic) bond motifs is 1. The predicted octanol–water partition coefficient (Wildman–Crippen LogP) is 2.31. The number of rotatable bonds is 7. The molecule has 2 amide bonds. The average Bonchev–Trinajstić information content (AvgIpc) is 2.80. The van der Waals surface area contributed by atoms with Gasteiger partial charge in [-0.1, -0.05) is 17.2 Å². The summed E-state index contributed by atoms with van der Waals surface area (Å²) in [5.74, 6) is -0.827. The van der Waals surface area contributed by atoms with Gasteiger partial charge in [-0.3, -0.25) is 19.6 Å². The molecule has 0 radical (unpaired) electrons. The molecule has 0 spiro atoms. The first-order chi connectivity index (χ1) is 11.7. The van der Waals surface area contributed by atoms with E-state index in [2.05, 4.69) is 30.5 Å². The molecule has 1 N–H and O–H groups in total. The Kier molecular flexibility index (Phi) is 5.78. The van der Waals surface area contributed by atoms with Gasteiger partial charge in [-0.15, -0.1) is 0 Å². The second-order valence-electron chi connectivity index (χ2n) is 5.24. The molecule has 136 valence electrons. The Morgan fingerprint density at radius 1 is 1.52 bits per heavy atom. The molecule has 1 aromatic carbocycles. The number of nitrogens with zero attached hydrogens (tertiary/aromatic N) is 2. The van der Waals surface area contributed by atoms with Crippen molar-refractivity contribution in [3.63, 3.8) is 0 Å². The zero-order valence-corrected chi connectivity index (χ0v) is 15.7. The summed E-state index contributed by atoms with van der Waals surface area (Å²) in [6, 6.07) is 2.00. The average molecular weight is 436 g/mol. The van der Waals surface area contributed by atoms with Crippen molar-refractivity contribution >= 4 is 49.7 Å². The summed E-state index contributed by atoms with van der Waals surface area (Å²) in [5, 5.41) is 7.02. The van der Waals surface area contributed by atoms with E-state index in [4.69, 9.17) is 0 Å². The summed E-state index contributed by atoms with van der Waals surface area (Å²) in [5.41, 5.74) is 0.948. The number of amides is 2. The van der Waals surface area contributed by atoms with E-state index >= 15 is 0 Å². The molecule has 11 heteroatoms. The Bertz CT molecular complexity index is 928. The Hall–Kier alpha value is -2.01. The number of carbonyl (C=O) groups is 2. The number of hydrogen-bond acceptors (Lipinski definition) is 6. The smallest absolute Gasteiger partial charge is 0.357 e. The zero-order chi connectivity index (χ0) is 18.8. The van der Waals surface area contributed by atoms with Crippen molar-refractivity contribution in [2.45, 2.75) is 32.7 Å². The van der Waals surface area contributed by atoms with Gasteiger partial charge in [0.25, 0.3) is 5.91 Å². The van der Waals surface area contributed by atoms with Crippen LogP contribution in [0, 0.1) is 6.92 Å². The SMILES string of the molecule is CCCC(C(=O)NC=O)n1nc(C)c2cc(Br)c(OS(=O)(=O)F)cc21. The van der Waals surface area contributed by atoms with E-state index < -0.39 is 22.5 Å². The standard InChI is InChI=1S/C14H15BrFN3O5S/c1-3-4-11(14(21)17-7-20)19-12-6-13(24-25(16,22)23)10(15)5-9(12)8(2)18-19/h5-7,11H,3-4H2,1-2H3,(H,17,20,21). The molecule has 1 unspecified atom stereocenters. The summed E-state index contributed by atoms with van der Waals surface area (Å²) in [7, 11) is -5.22. The molecule has 0 saturated carbocycles. The molecule has 0 aliphatic rings. The highest BCUT2D eigenvalue weighted by Gasteiger charge is 2.25. The maximum absolute atomic E-state index is 12.9. The molecule has 25 heavy (non-hydrogen) atoms. The van der Waals surface area contributed by atoms with Gasteiger partial charge in [-0.25, -0.2) is 0 Å². The van der Waals surface area contributed by atoms with E-state index in [0.717, 1.165) is 0 Å². The molecule has 1 atom stereocenters. The van der Waals surface area contributed by atoms with E-state index in [9.17, 15) is 21.9 Å². The quantitative estimate of drug-likeness (QED) is 0.527. The van der Waals surface area contributed by atoms with Crippen LogP contribution in [0.3, 0.4) is 0 Å². The first-order valence-electron chi connectivity index (χ1n) is 7.24. The lowest BCUT2D eigenvalue weighted by molar-refractivity contribution is -0.128. The highest BCUT2D eigenvalue weighted by atomic mass is 79.9. The summed E-state index contributed by atoms with van der Waals surface area (Å²) in [6.45, 7) is 3.57. The van der Waals surface area contributed by atoms with Crippen molar-refractivity contribution in [3.05, 3.63) is 22.3 Å². The molecular weight excluding hydrogens is 421 g/mol. The minimum Gasteiger partial charge on any atom is -0.357 e. The summed E-state index contributed by atoms with van der Waals surface area (Å²) < 4.78 is 40.3. The van der Waals surface area contributed by atoms with E-state index in [1.807, 2.05) is 6.92 Å². The largest absolute Gasteiger partial charge is 0.488 e. The Labute approximate surface area is 151 Å². The third-order valence-electron chi connectivity index (χ3n) is 3.50. The fourth-order valence-electron chi connectivity index (χ4n) is 2.49. The van der Waals surface area contributed by atoms with Crippen molar-refractivity contribution in [1.82, 2.24) is 15.1 Å². The lowest BCUT2D eigenvalue weighted by atomic mass is 10.1. The molecule has 0 fully saturated rings. The van der Waals surface area contributed by atoms with Gasteiger partial charge in [0.15, 0.2) is 5.75 Å².